The standard InChI is InChI=1S/C13H14ClFN2OS/c1-18-6-5-16-8-9-7-12(17-19-9)13-10(14)3-2-4-11(13)15/h2-4,7,16H,5-6,8H2,1H3. The second-order valence-electron chi connectivity index (χ2n) is 3.94. The molecule has 0 amide bonds. The van der Waals surface area contributed by atoms with Crippen LogP contribution in [-0.2, 0) is 11.3 Å². The number of nitrogens with one attached hydrogen (secondary N) is 1. The van der Waals surface area contributed by atoms with Crippen LogP contribution in [0.1, 0.15) is 4.88 Å². The van der Waals surface area contributed by atoms with Crippen LogP contribution in [0.15, 0.2) is 24.3 Å². The molecular weight excluding hydrogens is 287 g/mol. The molecule has 102 valence electrons. The number of rotatable bonds is 6. The average molecular weight is 301 g/mol. The van der Waals surface area contributed by atoms with E-state index in [0.717, 1.165) is 11.4 Å². The van der Waals surface area contributed by atoms with Crippen molar-refractivity contribution in [3.8, 4) is 11.3 Å². The van der Waals surface area contributed by atoms with Gasteiger partial charge in [0.05, 0.1) is 22.9 Å². The number of hydrogen-bond donors (Lipinski definition) is 1. The maximum absolute atomic E-state index is 13.7. The van der Waals surface area contributed by atoms with Crippen molar-refractivity contribution in [1.82, 2.24) is 9.69 Å². The minimum Gasteiger partial charge on any atom is -0.383 e. The zero-order valence-corrected chi connectivity index (χ0v) is 12.0. The van der Waals surface area contributed by atoms with Gasteiger partial charge in [-0.2, -0.15) is 4.37 Å². The van der Waals surface area contributed by atoms with E-state index in [0.29, 0.717) is 29.4 Å². The fraction of sp³-hybridized carbons (Fsp3) is 0.308. The van der Waals surface area contributed by atoms with Gasteiger partial charge >= 0.3 is 0 Å². The third-order valence-electron chi connectivity index (χ3n) is 2.56. The summed E-state index contributed by atoms with van der Waals surface area (Å²) < 4.78 is 22.9. The summed E-state index contributed by atoms with van der Waals surface area (Å²) in [7, 11) is 1.66. The molecule has 1 aromatic carbocycles. The Labute approximate surface area is 120 Å². The molecule has 0 radical (unpaired) electrons. The second-order valence-corrected chi connectivity index (χ2v) is 5.24. The van der Waals surface area contributed by atoms with Crippen molar-refractivity contribution in [1.29, 1.82) is 0 Å². The lowest BCUT2D eigenvalue weighted by molar-refractivity contribution is 0.199. The molecule has 19 heavy (non-hydrogen) atoms. The highest BCUT2D eigenvalue weighted by molar-refractivity contribution is 7.06. The van der Waals surface area contributed by atoms with E-state index in [2.05, 4.69) is 9.69 Å². The van der Waals surface area contributed by atoms with Crippen molar-refractivity contribution in [3.05, 3.63) is 40.0 Å². The van der Waals surface area contributed by atoms with E-state index in [4.69, 9.17) is 16.3 Å². The van der Waals surface area contributed by atoms with Gasteiger partial charge in [-0.25, -0.2) is 4.39 Å². The first-order valence-electron chi connectivity index (χ1n) is 5.82. The van der Waals surface area contributed by atoms with E-state index in [9.17, 15) is 4.39 Å². The van der Waals surface area contributed by atoms with Gasteiger partial charge in [0.15, 0.2) is 0 Å². The van der Waals surface area contributed by atoms with Gasteiger partial charge < -0.3 is 10.1 Å². The molecular formula is C13H14ClFN2OS. The number of aromatic nitrogens is 1. The highest BCUT2D eigenvalue weighted by atomic mass is 35.5. The van der Waals surface area contributed by atoms with Gasteiger partial charge in [0, 0.05) is 25.1 Å². The monoisotopic (exact) mass is 300 g/mol. The van der Waals surface area contributed by atoms with Crippen LogP contribution in [0, 0.1) is 5.82 Å². The molecule has 0 aliphatic carbocycles. The lowest BCUT2D eigenvalue weighted by Crippen LogP contribution is -2.17. The van der Waals surface area contributed by atoms with E-state index >= 15 is 0 Å². The third-order valence-corrected chi connectivity index (χ3v) is 3.66. The van der Waals surface area contributed by atoms with E-state index < -0.39 is 0 Å². The molecule has 2 rings (SSSR count). The van der Waals surface area contributed by atoms with Crippen molar-refractivity contribution in [2.45, 2.75) is 6.54 Å². The topological polar surface area (TPSA) is 34.1 Å². The predicted octanol–water partition coefficient (Wildman–Crippen LogP) is 3.34. The molecule has 1 aromatic heterocycles. The van der Waals surface area contributed by atoms with E-state index in [1.165, 1.54) is 17.6 Å². The molecule has 0 aliphatic heterocycles. The van der Waals surface area contributed by atoms with Crippen molar-refractivity contribution in [2.24, 2.45) is 0 Å². The molecule has 0 bridgehead atoms. The molecule has 2 aromatic rings. The summed E-state index contributed by atoms with van der Waals surface area (Å²) in [6.07, 6.45) is 0. The zero-order valence-electron chi connectivity index (χ0n) is 10.5. The quantitative estimate of drug-likeness (QED) is 0.831. The maximum Gasteiger partial charge on any atom is 0.134 e. The molecule has 0 atom stereocenters. The van der Waals surface area contributed by atoms with Gasteiger partial charge in [-0.3, -0.25) is 0 Å². The van der Waals surface area contributed by atoms with Crippen molar-refractivity contribution >= 4 is 23.1 Å². The van der Waals surface area contributed by atoms with Crippen molar-refractivity contribution in [2.75, 3.05) is 20.3 Å². The van der Waals surface area contributed by atoms with Crippen LogP contribution in [0.2, 0.25) is 5.02 Å². The Kier molecular flexibility index (Phi) is 5.27. The fourth-order valence-electron chi connectivity index (χ4n) is 1.64. The maximum atomic E-state index is 13.7. The Hall–Kier alpha value is -1.01. The average Bonchev–Trinajstić information content (AvgIpc) is 2.83. The Balaban J connectivity index is 2.08. The van der Waals surface area contributed by atoms with E-state index in [1.54, 1.807) is 19.2 Å². The van der Waals surface area contributed by atoms with Crippen LogP contribution in [0.3, 0.4) is 0 Å². The Morgan fingerprint density at radius 2 is 2.32 bits per heavy atom. The molecule has 1 N–H and O–H groups in total. The van der Waals surface area contributed by atoms with Crippen molar-refractivity contribution < 1.29 is 9.13 Å². The lowest BCUT2D eigenvalue weighted by Gasteiger charge is -2.02. The van der Waals surface area contributed by atoms with Gasteiger partial charge in [-0.05, 0) is 29.7 Å². The van der Waals surface area contributed by atoms with Gasteiger partial charge in [-0.15, -0.1) is 0 Å². The molecule has 0 saturated carbocycles. The predicted molar refractivity (Wildman–Crippen MR) is 76.1 cm³/mol. The van der Waals surface area contributed by atoms with Gasteiger partial charge in [0.1, 0.15) is 5.82 Å². The van der Waals surface area contributed by atoms with Crippen LogP contribution < -0.4 is 5.32 Å². The molecule has 6 heteroatoms. The van der Waals surface area contributed by atoms with Gasteiger partial charge in [0.2, 0.25) is 0 Å². The first-order valence-corrected chi connectivity index (χ1v) is 6.97. The fourth-order valence-corrected chi connectivity index (χ4v) is 2.59. The number of nitrogens with zero attached hydrogens (tertiary/aromatic N) is 1. The minimum atomic E-state index is -0.350. The van der Waals surface area contributed by atoms with Crippen molar-refractivity contribution in [3.63, 3.8) is 0 Å². The Morgan fingerprint density at radius 1 is 1.47 bits per heavy atom. The number of hydrogen-bond acceptors (Lipinski definition) is 4. The third kappa shape index (κ3) is 3.73. The summed E-state index contributed by atoms with van der Waals surface area (Å²) in [5.41, 5.74) is 0.945. The molecule has 0 unspecified atom stereocenters. The SMILES string of the molecule is COCCNCc1cc(-c2c(F)cccc2Cl)ns1. The van der Waals surface area contributed by atoms with Gasteiger partial charge in [-0.1, -0.05) is 17.7 Å². The summed E-state index contributed by atoms with van der Waals surface area (Å²) in [5.74, 6) is -0.350. The minimum absolute atomic E-state index is 0.350. The molecule has 0 aliphatic rings. The summed E-state index contributed by atoms with van der Waals surface area (Å²) in [6.45, 7) is 2.11. The van der Waals surface area contributed by atoms with E-state index in [-0.39, 0.29) is 5.82 Å². The van der Waals surface area contributed by atoms with Crippen LogP contribution in [-0.4, -0.2) is 24.6 Å². The van der Waals surface area contributed by atoms with Crippen LogP contribution >= 0.6 is 23.1 Å². The highest BCUT2D eigenvalue weighted by Crippen LogP contribution is 2.31. The molecule has 0 spiro atoms. The number of benzene rings is 1. The van der Waals surface area contributed by atoms with Crippen LogP contribution in [0.5, 0.6) is 0 Å². The van der Waals surface area contributed by atoms with Gasteiger partial charge in [0.25, 0.3) is 0 Å². The Bertz CT molecular complexity index is 527. The summed E-state index contributed by atoms with van der Waals surface area (Å²) in [5, 5.41) is 3.59. The number of methoxy groups -OCH3 is 1. The molecule has 1 heterocycles. The zero-order chi connectivity index (χ0) is 13.7. The number of ether oxygens (including phenoxy) is 1. The summed E-state index contributed by atoms with van der Waals surface area (Å²) >= 11 is 7.35. The van der Waals surface area contributed by atoms with Crippen LogP contribution in [0.4, 0.5) is 4.39 Å². The van der Waals surface area contributed by atoms with E-state index in [1.807, 2.05) is 6.07 Å². The molecule has 0 fully saturated rings. The smallest absolute Gasteiger partial charge is 0.134 e. The lowest BCUT2D eigenvalue weighted by atomic mass is 10.1. The summed E-state index contributed by atoms with van der Waals surface area (Å²) in [6, 6.07) is 6.49. The normalized spacial score (nSPS) is 10.9. The van der Waals surface area contributed by atoms with Crippen LogP contribution in [0.25, 0.3) is 11.3 Å². The molecule has 0 saturated heterocycles. The first-order chi connectivity index (χ1) is 9.22. The number of halogens is 2. The largest absolute Gasteiger partial charge is 0.383 e. The molecule has 3 nitrogen and oxygen atoms in total. The Morgan fingerprint density at radius 3 is 3.05 bits per heavy atom. The first kappa shape index (κ1) is 14.4. The highest BCUT2D eigenvalue weighted by Gasteiger charge is 2.12. The summed E-state index contributed by atoms with van der Waals surface area (Å²) in [4.78, 5) is 1.03. The second kappa shape index (κ2) is 6.96.